The third kappa shape index (κ3) is 1.28. The number of rotatable bonds is 3. The SMILES string of the molecule is O=CC(=O)c1c[nH]c2c(C3CC3)cccc12. The van der Waals surface area contributed by atoms with Crippen LogP contribution in [0, 0.1) is 0 Å². The van der Waals surface area contributed by atoms with Crippen LogP contribution < -0.4 is 0 Å². The Morgan fingerprint density at radius 2 is 2.19 bits per heavy atom. The normalized spacial score (nSPS) is 15.2. The second kappa shape index (κ2) is 3.30. The lowest BCUT2D eigenvalue weighted by Gasteiger charge is -2.00. The molecular weight excluding hydrogens is 202 g/mol. The van der Waals surface area contributed by atoms with Crippen LogP contribution in [0.3, 0.4) is 0 Å². The molecule has 1 aliphatic carbocycles. The maximum absolute atomic E-state index is 11.4. The second-order valence-electron chi connectivity index (χ2n) is 4.23. The number of H-pyrrole nitrogens is 1. The van der Waals surface area contributed by atoms with E-state index in [1.807, 2.05) is 12.1 Å². The van der Waals surface area contributed by atoms with Crippen molar-refractivity contribution in [2.24, 2.45) is 0 Å². The average molecular weight is 213 g/mol. The Labute approximate surface area is 92.5 Å². The minimum Gasteiger partial charge on any atom is -0.360 e. The predicted octanol–water partition coefficient (Wildman–Crippen LogP) is 2.43. The molecule has 0 radical (unpaired) electrons. The molecule has 0 amide bonds. The third-order valence-corrected chi connectivity index (χ3v) is 3.14. The summed E-state index contributed by atoms with van der Waals surface area (Å²) in [7, 11) is 0. The minimum absolute atomic E-state index is 0.367. The highest BCUT2D eigenvalue weighted by atomic mass is 16.2. The molecule has 0 saturated heterocycles. The van der Waals surface area contributed by atoms with E-state index in [1.165, 1.54) is 18.4 Å². The van der Waals surface area contributed by atoms with Gasteiger partial charge in [-0.05, 0) is 24.3 Å². The molecule has 0 bridgehead atoms. The summed E-state index contributed by atoms with van der Waals surface area (Å²) in [6.07, 6.45) is 4.43. The van der Waals surface area contributed by atoms with Gasteiger partial charge in [-0.15, -0.1) is 0 Å². The highest BCUT2D eigenvalue weighted by molar-refractivity contribution is 6.36. The van der Waals surface area contributed by atoms with Crippen molar-refractivity contribution in [3.8, 4) is 0 Å². The van der Waals surface area contributed by atoms with Crippen molar-refractivity contribution in [1.82, 2.24) is 4.98 Å². The van der Waals surface area contributed by atoms with Crippen LogP contribution in [0.25, 0.3) is 10.9 Å². The molecule has 0 spiro atoms. The third-order valence-electron chi connectivity index (χ3n) is 3.14. The van der Waals surface area contributed by atoms with Gasteiger partial charge in [0.2, 0.25) is 5.78 Å². The molecular formula is C13H11NO2. The molecule has 1 aromatic carbocycles. The first kappa shape index (κ1) is 9.33. The number of aromatic nitrogens is 1. The zero-order valence-corrected chi connectivity index (χ0v) is 8.69. The Morgan fingerprint density at radius 3 is 2.88 bits per heavy atom. The van der Waals surface area contributed by atoms with Gasteiger partial charge in [0.1, 0.15) is 0 Å². The molecule has 0 atom stereocenters. The number of aldehydes is 1. The number of carbonyl (C=O) groups excluding carboxylic acids is 2. The molecule has 1 fully saturated rings. The van der Waals surface area contributed by atoms with Gasteiger partial charge in [-0.3, -0.25) is 9.59 Å². The van der Waals surface area contributed by atoms with Crippen LogP contribution >= 0.6 is 0 Å². The highest BCUT2D eigenvalue weighted by Gasteiger charge is 2.26. The van der Waals surface area contributed by atoms with Crippen LogP contribution in [0.2, 0.25) is 0 Å². The largest absolute Gasteiger partial charge is 0.360 e. The Morgan fingerprint density at radius 1 is 1.38 bits per heavy atom. The lowest BCUT2D eigenvalue weighted by Crippen LogP contribution is -1.97. The first-order valence-corrected chi connectivity index (χ1v) is 5.41. The average Bonchev–Trinajstić information content (AvgIpc) is 3.07. The number of Topliss-reactive ketones (excluding diaryl/α,β-unsaturated/α-hetero) is 1. The summed E-state index contributed by atoms with van der Waals surface area (Å²) in [6, 6.07) is 5.92. The maximum atomic E-state index is 11.4. The lowest BCUT2D eigenvalue weighted by atomic mass is 10.0. The number of carbonyl (C=O) groups is 2. The van der Waals surface area contributed by atoms with Crippen molar-refractivity contribution in [1.29, 1.82) is 0 Å². The van der Waals surface area contributed by atoms with Crippen molar-refractivity contribution in [2.75, 3.05) is 0 Å². The van der Waals surface area contributed by atoms with Gasteiger partial charge in [-0.1, -0.05) is 18.2 Å². The molecule has 1 heterocycles. The molecule has 16 heavy (non-hydrogen) atoms. The van der Waals surface area contributed by atoms with Gasteiger partial charge in [0.25, 0.3) is 0 Å². The monoisotopic (exact) mass is 213 g/mol. The van der Waals surface area contributed by atoms with Crippen molar-refractivity contribution in [3.63, 3.8) is 0 Å². The van der Waals surface area contributed by atoms with Gasteiger partial charge in [-0.25, -0.2) is 0 Å². The molecule has 2 aromatic rings. The molecule has 3 nitrogen and oxygen atoms in total. The Balaban J connectivity index is 2.23. The van der Waals surface area contributed by atoms with Gasteiger partial charge < -0.3 is 4.98 Å². The predicted molar refractivity (Wildman–Crippen MR) is 60.7 cm³/mol. The van der Waals surface area contributed by atoms with Crippen LogP contribution in [0.5, 0.6) is 0 Å². The summed E-state index contributed by atoms with van der Waals surface area (Å²) >= 11 is 0. The van der Waals surface area contributed by atoms with Gasteiger partial charge >= 0.3 is 0 Å². The number of nitrogens with one attached hydrogen (secondary N) is 1. The number of aromatic amines is 1. The molecule has 0 unspecified atom stereocenters. The standard InChI is InChI=1S/C13H11NO2/c15-7-12(16)11-6-14-13-9(8-4-5-8)2-1-3-10(11)13/h1-3,6-8,14H,4-5H2. The van der Waals surface area contributed by atoms with Crippen LogP contribution in [0.1, 0.15) is 34.7 Å². The summed E-state index contributed by atoms with van der Waals surface area (Å²) in [5, 5.41) is 0.863. The van der Waals surface area contributed by atoms with Gasteiger partial charge in [0.05, 0.1) is 5.56 Å². The molecule has 1 aliphatic rings. The van der Waals surface area contributed by atoms with E-state index in [-0.39, 0.29) is 0 Å². The molecule has 0 aliphatic heterocycles. The number of benzene rings is 1. The Kier molecular flexibility index (Phi) is 1.93. The summed E-state index contributed by atoms with van der Waals surface area (Å²) in [6.45, 7) is 0. The van der Waals surface area contributed by atoms with E-state index in [4.69, 9.17) is 0 Å². The smallest absolute Gasteiger partial charge is 0.227 e. The fraction of sp³-hybridized carbons (Fsp3) is 0.231. The Bertz CT molecular complexity index is 579. The maximum Gasteiger partial charge on any atom is 0.227 e. The first-order chi connectivity index (χ1) is 7.81. The summed E-state index contributed by atoms with van der Waals surface area (Å²) in [5.41, 5.74) is 2.75. The van der Waals surface area contributed by atoms with E-state index >= 15 is 0 Å². The number of fused-ring (bicyclic) bond motifs is 1. The van der Waals surface area contributed by atoms with E-state index in [2.05, 4.69) is 11.1 Å². The fourth-order valence-electron chi connectivity index (χ4n) is 2.18. The first-order valence-electron chi connectivity index (χ1n) is 5.41. The topological polar surface area (TPSA) is 49.9 Å². The molecule has 80 valence electrons. The zero-order valence-electron chi connectivity index (χ0n) is 8.69. The van der Waals surface area contributed by atoms with Crippen molar-refractivity contribution in [2.45, 2.75) is 18.8 Å². The van der Waals surface area contributed by atoms with Gasteiger partial charge in [-0.2, -0.15) is 0 Å². The van der Waals surface area contributed by atoms with E-state index < -0.39 is 5.78 Å². The van der Waals surface area contributed by atoms with E-state index in [0.29, 0.717) is 17.8 Å². The van der Waals surface area contributed by atoms with Gasteiger partial charge in [0.15, 0.2) is 6.29 Å². The van der Waals surface area contributed by atoms with Crippen molar-refractivity contribution in [3.05, 3.63) is 35.5 Å². The minimum atomic E-state index is -0.459. The highest BCUT2D eigenvalue weighted by Crippen LogP contribution is 2.43. The second-order valence-corrected chi connectivity index (χ2v) is 4.23. The summed E-state index contributed by atoms with van der Waals surface area (Å²) < 4.78 is 0. The number of hydrogen-bond donors (Lipinski definition) is 1. The van der Waals surface area contributed by atoms with Crippen LogP contribution in [0.4, 0.5) is 0 Å². The number of para-hydroxylation sites is 1. The van der Waals surface area contributed by atoms with Crippen LogP contribution in [0.15, 0.2) is 24.4 Å². The van der Waals surface area contributed by atoms with E-state index in [1.54, 1.807) is 6.20 Å². The molecule has 3 rings (SSSR count). The number of hydrogen-bond acceptors (Lipinski definition) is 2. The van der Waals surface area contributed by atoms with E-state index in [9.17, 15) is 9.59 Å². The molecule has 1 saturated carbocycles. The van der Waals surface area contributed by atoms with Gasteiger partial charge in [0, 0.05) is 17.1 Å². The molecule has 3 heteroatoms. The Hall–Kier alpha value is -1.90. The molecule has 1 aromatic heterocycles. The van der Waals surface area contributed by atoms with Crippen molar-refractivity contribution < 1.29 is 9.59 Å². The van der Waals surface area contributed by atoms with Crippen LogP contribution in [-0.2, 0) is 4.79 Å². The summed E-state index contributed by atoms with van der Waals surface area (Å²) in [5.74, 6) is 0.167. The quantitative estimate of drug-likeness (QED) is 0.483. The number of ketones is 1. The molecule has 1 N–H and O–H groups in total. The van der Waals surface area contributed by atoms with Crippen LogP contribution in [-0.4, -0.2) is 17.1 Å². The fourth-order valence-corrected chi connectivity index (χ4v) is 2.18. The summed E-state index contributed by atoms with van der Waals surface area (Å²) in [4.78, 5) is 25.0. The van der Waals surface area contributed by atoms with E-state index in [0.717, 1.165) is 10.9 Å². The zero-order chi connectivity index (χ0) is 11.1. The lowest BCUT2D eigenvalue weighted by molar-refractivity contribution is -0.104. The van der Waals surface area contributed by atoms with Crippen molar-refractivity contribution >= 4 is 23.0 Å².